The number of nitrogens with zero attached hydrogens (tertiary/aromatic N) is 1. The van der Waals surface area contributed by atoms with Crippen molar-refractivity contribution in [2.45, 2.75) is 50.6 Å². The molecule has 2 aromatic carbocycles. The van der Waals surface area contributed by atoms with Gasteiger partial charge in [0, 0.05) is 21.6 Å². The number of hydrogen-bond acceptors (Lipinski definition) is 3. The van der Waals surface area contributed by atoms with Crippen LogP contribution >= 0.6 is 22.9 Å². The van der Waals surface area contributed by atoms with Crippen LogP contribution in [0.1, 0.15) is 48.6 Å². The molecule has 2 amide bonds. The quantitative estimate of drug-likeness (QED) is 0.427. The van der Waals surface area contributed by atoms with Crippen LogP contribution in [-0.4, -0.2) is 17.9 Å². The highest BCUT2D eigenvalue weighted by atomic mass is 35.5. The lowest BCUT2D eigenvalue weighted by atomic mass is 9.94. The number of hydrogen-bond donors (Lipinski definition) is 1. The van der Waals surface area contributed by atoms with E-state index >= 15 is 0 Å². The van der Waals surface area contributed by atoms with Gasteiger partial charge in [-0.05, 0) is 60.2 Å². The maximum absolute atomic E-state index is 14.2. The summed E-state index contributed by atoms with van der Waals surface area (Å²) in [6.45, 7) is 0. The number of amides is 2. The maximum atomic E-state index is 14.2. The topological polar surface area (TPSA) is 49.4 Å². The summed E-state index contributed by atoms with van der Waals surface area (Å²) in [6, 6.07) is 15.6. The van der Waals surface area contributed by atoms with Crippen molar-refractivity contribution in [2.75, 3.05) is 4.90 Å². The highest BCUT2D eigenvalue weighted by Gasteiger charge is 2.34. The molecule has 172 valence electrons. The minimum Gasteiger partial charge on any atom is -0.351 e. The predicted molar refractivity (Wildman–Crippen MR) is 131 cm³/mol. The third kappa shape index (κ3) is 6.01. The van der Waals surface area contributed by atoms with Crippen LogP contribution in [-0.2, 0) is 16.0 Å². The Bertz CT molecular complexity index is 1100. The van der Waals surface area contributed by atoms with Gasteiger partial charge in [0.05, 0.1) is 6.42 Å². The van der Waals surface area contributed by atoms with Crippen LogP contribution in [0.15, 0.2) is 66.0 Å². The Morgan fingerprint density at radius 3 is 2.55 bits per heavy atom. The number of anilines is 1. The SMILES string of the molecule is O=C(NC1CCCCC1)C(c1cccc(Cl)c1)N(C(=O)Cc1cccs1)c1cccc(F)c1. The zero-order chi connectivity index (χ0) is 23.2. The molecule has 0 aliphatic heterocycles. The standard InChI is InChI=1S/C26H26ClFN2O2S/c27-19-8-4-7-18(15-19)25(26(32)29-21-10-2-1-3-11-21)30(22-12-5-9-20(28)16-22)24(31)17-23-13-6-14-33-23/h4-9,12-16,21,25H,1-3,10-11,17H2,(H,29,32). The molecule has 1 aliphatic carbocycles. The van der Waals surface area contributed by atoms with E-state index in [1.165, 1.54) is 34.8 Å². The average molecular weight is 485 g/mol. The molecule has 0 radical (unpaired) electrons. The van der Waals surface area contributed by atoms with Crippen molar-refractivity contribution in [3.8, 4) is 0 Å². The first-order valence-electron chi connectivity index (χ1n) is 11.2. The number of benzene rings is 2. The molecule has 0 bridgehead atoms. The fourth-order valence-electron chi connectivity index (χ4n) is 4.33. The van der Waals surface area contributed by atoms with Crippen LogP contribution in [0.25, 0.3) is 0 Å². The minimum atomic E-state index is -0.972. The van der Waals surface area contributed by atoms with Gasteiger partial charge in [-0.3, -0.25) is 14.5 Å². The average Bonchev–Trinajstić information content (AvgIpc) is 3.31. The zero-order valence-electron chi connectivity index (χ0n) is 18.2. The van der Waals surface area contributed by atoms with Crippen molar-refractivity contribution in [2.24, 2.45) is 0 Å². The Morgan fingerprint density at radius 1 is 1.06 bits per heavy atom. The normalized spacial score (nSPS) is 15.1. The van der Waals surface area contributed by atoms with Crippen molar-refractivity contribution in [3.63, 3.8) is 0 Å². The molecule has 1 fully saturated rings. The Morgan fingerprint density at radius 2 is 1.85 bits per heavy atom. The third-order valence-electron chi connectivity index (χ3n) is 5.88. The molecule has 1 aliphatic rings. The van der Waals surface area contributed by atoms with Gasteiger partial charge in [0.1, 0.15) is 11.9 Å². The molecule has 1 atom stereocenters. The monoisotopic (exact) mass is 484 g/mol. The van der Waals surface area contributed by atoms with Gasteiger partial charge in [-0.2, -0.15) is 0 Å². The van der Waals surface area contributed by atoms with Crippen LogP contribution < -0.4 is 10.2 Å². The summed E-state index contributed by atoms with van der Waals surface area (Å²) in [6.07, 6.45) is 5.24. The predicted octanol–water partition coefficient (Wildman–Crippen LogP) is 6.31. The first kappa shape index (κ1) is 23.5. The van der Waals surface area contributed by atoms with Gasteiger partial charge >= 0.3 is 0 Å². The summed E-state index contributed by atoms with van der Waals surface area (Å²) in [7, 11) is 0. The summed E-state index contributed by atoms with van der Waals surface area (Å²) in [5.74, 6) is -1.04. The molecule has 0 spiro atoms. The number of rotatable bonds is 7. The van der Waals surface area contributed by atoms with Crippen molar-refractivity contribution in [1.29, 1.82) is 0 Å². The van der Waals surface area contributed by atoms with Gasteiger partial charge in [0.25, 0.3) is 0 Å². The van der Waals surface area contributed by atoms with E-state index < -0.39 is 11.9 Å². The molecule has 3 aromatic rings. The number of nitrogens with one attached hydrogen (secondary N) is 1. The number of halogens is 2. The van der Waals surface area contributed by atoms with E-state index in [-0.39, 0.29) is 24.3 Å². The van der Waals surface area contributed by atoms with E-state index in [4.69, 9.17) is 11.6 Å². The second-order valence-corrected chi connectivity index (χ2v) is 9.77. The molecule has 1 saturated carbocycles. The summed E-state index contributed by atoms with van der Waals surface area (Å²) in [5.41, 5.74) is 0.917. The molecular weight excluding hydrogens is 459 g/mol. The molecule has 1 aromatic heterocycles. The van der Waals surface area contributed by atoms with E-state index in [1.54, 1.807) is 36.4 Å². The third-order valence-corrected chi connectivity index (χ3v) is 6.99. The summed E-state index contributed by atoms with van der Waals surface area (Å²) in [5, 5.41) is 5.52. The first-order chi connectivity index (χ1) is 16.0. The minimum absolute atomic E-state index is 0.0645. The maximum Gasteiger partial charge on any atom is 0.248 e. The summed E-state index contributed by atoms with van der Waals surface area (Å²) >= 11 is 7.73. The Balaban J connectivity index is 1.75. The van der Waals surface area contributed by atoms with Crippen LogP contribution in [0, 0.1) is 5.82 Å². The molecule has 4 rings (SSSR count). The molecular formula is C26H26ClFN2O2S. The fraction of sp³-hybridized carbons (Fsp3) is 0.308. The molecule has 33 heavy (non-hydrogen) atoms. The summed E-state index contributed by atoms with van der Waals surface area (Å²) in [4.78, 5) is 29.6. The lowest BCUT2D eigenvalue weighted by Gasteiger charge is -2.33. The zero-order valence-corrected chi connectivity index (χ0v) is 19.7. The highest BCUT2D eigenvalue weighted by Crippen LogP contribution is 2.31. The second kappa shape index (κ2) is 10.9. The second-order valence-electron chi connectivity index (χ2n) is 8.30. The lowest BCUT2D eigenvalue weighted by molar-refractivity contribution is -0.127. The Labute approximate surface area is 202 Å². The van der Waals surface area contributed by atoms with Gasteiger partial charge in [0.15, 0.2) is 0 Å². The van der Waals surface area contributed by atoms with Gasteiger partial charge in [0.2, 0.25) is 11.8 Å². The van der Waals surface area contributed by atoms with E-state index in [0.29, 0.717) is 16.3 Å². The largest absolute Gasteiger partial charge is 0.351 e. The Kier molecular flexibility index (Phi) is 7.78. The van der Waals surface area contributed by atoms with E-state index in [0.717, 1.165) is 30.6 Å². The molecule has 1 unspecified atom stereocenters. The smallest absolute Gasteiger partial charge is 0.248 e. The Hall–Kier alpha value is -2.70. The molecule has 1 N–H and O–H groups in total. The van der Waals surface area contributed by atoms with Crippen molar-refractivity contribution < 1.29 is 14.0 Å². The van der Waals surface area contributed by atoms with Gasteiger partial charge in [-0.1, -0.05) is 55.1 Å². The van der Waals surface area contributed by atoms with Crippen molar-refractivity contribution in [1.82, 2.24) is 5.32 Å². The molecule has 1 heterocycles. The van der Waals surface area contributed by atoms with Crippen LogP contribution in [0.5, 0.6) is 0 Å². The molecule has 7 heteroatoms. The van der Waals surface area contributed by atoms with E-state index in [1.807, 2.05) is 17.5 Å². The highest BCUT2D eigenvalue weighted by molar-refractivity contribution is 7.10. The molecule has 4 nitrogen and oxygen atoms in total. The van der Waals surface area contributed by atoms with Crippen LogP contribution in [0.3, 0.4) is 0 Å². The fourth-order valence-corrected chi connectivity index (χ4v) is 5.23. The van der Waals surface area contributed by atoms with E-state index in [2.05, 4.69) is 5.32 Å². The van der Waals surface area contributed by atoms with Crippen LogP contribution in [0.2, 0.25) is 5.02 Å². The van der Waals surface area contributed by atoms with Crippen LogP contribution in [0.4, 0.5) is 10.1 Å². The van der Waals surface area contributed by atoms with Gasteiger partial charge in [-0.25, -0.2) is 4.39 Å². The van der Waals surface area contributed by atoms with Gasteiger partial charge in [-0.15, -0.1) is 11.3 Å². The van der Waals surface area contributed by atoms with Crippen molar-refractivity contribution in [3.05, 3.63) is 87.3 Å². The van der Waals surface area contributed by atoms with Gasteiger partial charge < -0.3 is 5.32 Å². The lowest BCUT2D eigenvalue weighted by Crippen LogP contribution is -2.47. The number of carbonyl (C=O) groups is 2. The first-order valence-corrected chi connectivity index (χ1v) is 12.4. The number of thiophene rings is 1. The number of carbonyl (C=O) groups excluding carboxylic acids is 2. The van der Waals surface area contributed by atoms with E-state index in [9.17, 15) is 14.0 Å². The summed E-state index contributed by atoms with van der Waals surface area (Å²) < 4.78 is 14.2. The molecule has 0 saturated heterocycles. The van der Waals surface area contributed by atoms with Crippen molar-refractivity contribution >= 4 is 40.4 Å².